The van der Waals surface area contributed by atoms with Crippen LogP contribution in [0.4, 0.5) is 0 Å². The van der Waals surface area contributed by atoms with E-state index >= 15 is 0 Å². The van der Waals surface area contributed by atoms with Crippen LogP contribution in [0.2, 0.25) is 0 Å². The van der Waals surface area contributed by atoms with Crippen LogP contribution in [0, 0.1) is 28.6 Å². The van der Waals surface area contributed by atoms with Gasteiger partial charge in [-0.05, 0) is 61.7 Å². The monoisotopic (exact) mass is 356 g/mol. The lowest BCUT2D eigenvalue weighted by atomic mass is 9.47. The van der Waals surface area contributed by atoms with Gasteiger partial charge in [0.15, 0.2) is 0 Å². The molecule has 8 atom stereocenters. The van der Waals surface area contributed by atoms with E-state index in [1.165, 1.54) is 31.3 Å². The van der Waals surface area contributed by atoms with Crippen LogP contribution in [-0.2, 0) is 0 Å². The van der Waals surface area contributed by atoms with Gasteiger partial charge in [-0.3, -0.25) is 0 Å². The van der Waals surface area contributed by atoms with E-state index in [2.05, 4.69) is 35.7 Å². The van der Waals surface area contributed by atoms with E-state index in [4.69, 9.17) is 0 Å². The summed E-state index contributed by atoms with van der Waals surface area (Å²) in [4.78, 5) is 4.27. The lowest BCUT2D eigenvalue weighted by molar-refractivity contribution is -0.0992. The molecule has 142 valence electrons. The zero-order valence-electron chi connectivity index (χ0n) is 16.0. The Balaban J connectivity index is 1.48. The van der Waals surface area contributed by atoms with E-state index in [1.54, 1.807) is 0 Å². The first-order chi connectivity index (χ1) is 12.4. The Labute approximate surface area is 156 Å². The number of hydrogen-bond acceptors (Lipinski definition) is 3. The molecule has 0 spiro atoms. The SMILES string of the molecule is C[C@]12CC[C@H]3[C@@H](CC=C4C[C@@H](O)C[C@@H](O)[C@@]43C)[C@@H]1C[C@H](n1ccnc1)C2. The van der Waals surface area contributed by atoms with Gasteiger partial charge in [0, 0.05) is 30.3 Å². The van der Waals surface area contributed by atoms with Crippen LogP contribution in [0.25, 0.3) is 0 Å². The number of aliphatic hydroxyl groups excluding tert-OH is 2. The minimum Gasteiger partial charge on any atom is -0.393 e. The topological polar surface area (TPSA) is 58.3 Å². The van der Waals surface area contributed by atoms with Gasteiger partial charge in [0.25, 0.3) is 0 Å². The standard InChI is InChI=1S/C22H32N2O2/c1-21-6-5-18-17(19(21)10-15(12-21)24-8-7-23-13-24)4-3-14-9-16(25)11-20(26)22(14,18)2/h3,7-8,13,15-20,25-26H,4-6,9-12H2,1-2H3/t15-,16+,17+,18-,19-,20+,21+,22-/m0/s1. The quantitative estimate of drug-likeness (QED) is 0.754. The van der Waals surface area contributed by atoms with E-state index in [0.29, 0.717) is 29.7 Å². The summed E-state index contributed by atoms with van der Waals surface area (Å²) in [6, 6.07) is 0.572. The van der Waals surface area contributed by atoms with Gasteiger partial charge < -0.3 is 14.8 Å². The number of nitrogens with zero attached hydrogens (tertiary/aromatic N) is 2. The molecule has 4 nitrogen and oxygen atoms in total. The Bertz CT molecular complexity index is 714. The maximum atomic E-state index is 11.0. The van der Waals surface area contributed by atoms with Crippen molar-refractivity contribution in [2.24, 2.45) is 28.6 Å². The molecule has 26 heavy (non-hydrogen) atoms. The zero-order chi connectivity index (χ0) is 18.1. The van der Waals surface area contributed by atoms with Crippen LogP contribution >= 0.6 is 0 Å². The molecule has 0 unspecified atom stereocenters. The second-order valence-electron chi connectivity index (χ2n) is 10.0. The molecule has 3 fully saturated rings. The third kappa shape index (κ3) is 2.24. The number of allylic oxidation sites excluding steroid dienone is 1. The highest BCUT2D eigenvalue weighted by Crippen LogP contribution is 2.66. The molecule has 4 aliphatic carbocycles. The van der Waals surface area contributed by atoms with Crippen molar-refractivity contribution in [2.75, 3.05) is 0 Å². The van der Waals surface area contributed by atoms with E-state index < -0.39 is 6.10 Å². The Morgan fingerprint density at radius 2 is 2.04 bits per heavy atom. The Kier molecular flexibility index (Phi) is 3.72. The first-order valence-electron chi connectivity index (χ1n) is 10.4. The number of rotatable bonds is 1. The fraction of sp³-hybridized carbons (Fsp3) is 0.773. The van der Waals surface area contributed by atoms with Crippen molar-refractivity contribution in [1.82, 2.24) is 9.55 Å². The lowest BCUT2D eigenvalue weighted by Crippen LogP contribution is -2.54. The highest BCUT2D eigenvalue weighted by atomic mass is 16.3. The van der Waals surface area contributed by atoms with Gasteiger partial charge in [0.2, 0.25) is 0 Å². The summed E-state index contributed by atoms with van der Waals surface area (Å²) >= 11 is 0. The number of aliphatic hydroxyl groups is 2. The minimum absolute atomic E-state index is 0.128. The molecule has 4 heteroatoms. The predicted octanol–water partition coefficient (Wildman–Crippen LogP) is 3.72. The summed E-state index contributed by atoms with van der Waals surface area (Å²) < 4.78 is 2.32. The van der Waals surface area contributed by atoms with Crippen LogP contribution in [0.1, 0.15) is 64.8 Å². The van der Waals surface area contributed by atoms with Gasteiger partial charge in [-0.25, -0.2) is 4.98 Å². The summed E-state index contributed by atoms with van der Waals surface area (Å²) in [5.41, 5.74) is 1.62. The van der Waals surface area contributed by atoms with Gasteiger partial charge >= 0.3 is 0 Å². The molecule has 0 amide bonds. The van der Waals surface area contributed by atoms with Crippen LogP contribution in [0.5, 0.6) is 0 Å². The smallest absolute Gasteiger partial charge is 0.0948 e. The number of aromatic nitrogens is 2. The van der Waals surface area contributed by atoms with Crippen molar-refractivity contribution in [2.45, 2.75) is 77.0 Å². The Hall–Kier alpha value is -1.13. The zero-order valence-corrected chi connectivity index (χ0v) is 16.0. The molecule has 0 aliphatic heterocycles. The van der Waals surface area contributed by atoms with Crippen molar-refractivity contribution in [1.29, 1.82) is 0 Å². The molecule has 3 saturated carbocycles. The maximum absolute atomic E-state index is 11.0. The van der Waals surface area contributed by atoms with Gasteiger partial charge in [0.1, 0.15) is 0 Å². The summed E-state index contributed by atoms with van der Waals surface area (Å²) in [7, 11) is 0. The fourth-order valence-corrected chi connectivity index (χ4v) is 7.44. The Morgan fingerprint density at radius 3 is 2.81 bits per heavy atom. The molecule has 0 radical (unpaired) electrons. The van der Waals surface area contributed by atoms with Crippen molar-refractivity contribution >= 4 is 0 Å². The van der Waals surface area contributed by atoms with Gasteiger partial charge in [-0.1, -0.05) is 25.5 Å². The molecular formula is C22H32N2O2. The highest BCUT2D eigenvalue weighted by molar-refractivity contribution is 5.27. The summed E-state index contributed by atoms with van der Waals surface area (Å²) in [6.07, 6.45) is 15.0. The lowest BCUT2D eigenvalue weighted by Gasteiger charge is -2.58. The van der Waals surface area contributed by atoms with E-state index in [0.717, 1.165) is 18.8 Å². The van der Waals surface area contributed by atoms with Gasteiger partial charge in [-0.2, -0.15) is 0 Å². The van der Waals surface area contributed by atoms with Gasteiger partial charge in [0.05, 0.1) is 18.5 Å². The van der Waals surface area contributed by atoms with Crippen molar-refractivity contribution in [3.05, 3.63) is 30.4 Å². The molecule has 1 aromatic heterocycles. The molecule has 1 aromatic rings. The van der Waals surface area contributed by atoms with Crippen molar-refractivity contribution in [3.8, 4) is 0 Å². The minimum atomic E-state index is -0.402. The number of imidazole rings is 1. The second kappa shape index (κ2) is 5.68. The first-order valence-corrected chi connectivity index (χ1v) is 10.4. The molecule has 5 rings (SSSR count). The summed E-state index contributed by atoms with van der Waals surface area (Å²) in [6.45, 7) is 4.80. The van der Waals surface area contributed by atoms with Crippen LogP contribution in [-0.4, -0.2) is 32.0 Å². The van der Waals surface area contributed by atoms with E-state index in [9.17, 15) is 10.2 Å². The maximum Gasteiger partial charge on any atom is 0.0948 e. The second-order valence-corrected chi connectivity index (χ2v) is 10.0. The normalized spacial score (nSPS) is 50.5. The molecule has 0 aromatic carbocycles. The van der Waals surface area contributed by atoms with Crippen LogP contribution in [0.3, 0.4) is 0 Å². The first kappa shape index (κ1) is 17.0. The molecular weight excluding hydrogens is 324 g/mol. The predicted molar refractivity (Wildman–Crippen MR) is 100 cm³/mol. The third-order valence-corrected chi connectivity index (χ3v) is 8.87. The largest absolute Gasteiger partial charge is 0.393 e. The number of hydrogen-bond donors (Lipinski definition) is 2. The summed E-state index contributed by atoms with van der Waals surface area (Å²) in [5, 5.41) is 21.1. The van der Waals surface area contributed by atoms with Crippen LogP contribution < -0.4 is 0 Å². The molecule has 4 aliphatic rings. The fourth-order valence-electron chi connectivity index (χ4n) is 7.44. The third-order valence-electron chi connectivity index (χ3n) is 8.87. The summed E-state index contributed by atoms with van der Waals surface area (Å²) in [5.74, 6) is 1.95. The molecule has 0 bridgehead atoms. The molecule has 0 saturated heterocycles. The van der Waals surface area contributed by atoms with Crippen molar-refractivity contribution < 1.29 is 10.2 Å². The van der Waals surface area contributed by atoms with E-state index in [1.807, 2.05) is 12.5 Å². The average Bonchev–Trinajstić information content (AvgIpc) is 3.23. The van der Waals surface area contributed by atoms with Crippen molar-refractivity contribution in [3.63, 3.8) is 0 Å². The van der Waals surface area contributed by atoms with Gasteiger partial charge in [-0.15, -0.1) is 0 Å². The number of fused-ring (bicyclic) bond motifs is 5. The Morgan fingerprint density at radius 1 is 1.19 bits per heavy atom. The van der Waals surface area contributed by atoms with E-state index in [-0.39, 0.29) is 11.5 Å². The van der Waals surface area contributed by atoms with Crippen LogP contribution in [0.15, 0.2) is 30.4 Å². The molecule has 1 heterocycles. The molecule has 2 N–H and O–H groups in total. The average molecular weight is 357 g/mol. The highest BCUT2D eigenvalue weighted by Gasteiger charge is 2.59.